The summed E-state index contributed by atoms with van der Waals surface area (Å²) in [5.74, 6) is -0.486. The third-order valence-corrected chi connectivity index (χ3v) is 4.84. The van der Waals surface area contributed by atoms with Gasteiger partial charge in [0.15, 0.2) is 5.69 Å². The maximum Gasteiger partial charge on any atom is 0.358 e. The number of nitrogen functional groups attached to an aromatic ring is 1. The number of hydrogen-bond acceptors (Lipinski definition) is 7. The van der Waals surface area contributed by atoms with Crippen LogP contribution in [0.2, 0.25) is 0 Å². The van der Waals surface area contributed by atoms with Gasteiger partial charge in [0, 0.05) is 11.1 Å². The number of aromatic amines is 4. The largest absolute Gasteiger partial charge is 0.461 e. The van der Waals surface area contributed by atoms with Crippen LogP contribution < -0.4 is 17.0 Å². The van der Waals surface area contributed by atoms with Crippen molar-refractivity contribution >= 4 is 22.7 Å². The Morgan fingerprint density at radius 3 is 2.06 bits per heavy atom. The molecule has 0 aliphatic rings. The molecule has 5 rings (SSSR count). The highest BCUT2D eigenvalue weighted by Crippen LogP contribution is 2.26. The van der Waals surface area contributed by atoms with Gasteiger partial charge in [-0.3, -0.25) is 20.0 Å². The molecule has 0 aliphatic carbocycles. The highest BCUT2D eigenvalue weighted by atomic mass is 16.5. The number of fused-ring (bicyclic) bond motifs is 1. The van der Waals surface area contributed by atoms with E-state index in [-0.39, 0.29) is 11.2 Å². The Morgan fingerprint density at radius 2 is 1.44 bits per heavy atom. The number of nitrogens with one attached hydrogen (secondary N) is 4. The Balaban J connectivity index is 0.000000161. The zero-order chi connectivity index (χ0) is 24.1. The first kappa shape index (κ1) is 22.3. The second kappa shape index (κ2) is 9.69. The zero-order valence-electron chi connectivity index (χ0n) is 18.1. The van der Waals surface area contributed by atoms with Gasteiger partial charge in [-0.15, -0.1) is 0 Å². The van der Waals surface area contributed by atoms with Gasteiger partial charge in [-0.1, -0.05) is 60.7 Å². The maximum atomic E-state index is 11.5. The summed E-state index contributed by atoms with van der Waals surface area (Å²) in [6.07, 6.45) is 0. The molecule has 172 valence electrons. The summed E-state index contributed by atoms with van der Waals surface area (Å²) in [4.78, 5) is 39.0. The molecule has 5 aromatic rings. The van der Waals surface area contributed by atoms with E-state index in [2.05, 4.69) is 30.4 Å². The molecule has 0 spiro atoms. The fraction of sp³-hybridized carbons (Fsp3) is 0.0870. The first-order valence-electron chi connectivity index (χ1n) is 10.3. The molecule has 34 heavy (non-hydrogen) atoms. The standard InChI is InChI=1S/C12H13N3O2.C11H8N4O2/c1-2-17-12(16)11-9(13)10(14-15-11)8-6-4-3-5-7-8;16-10-9-8(12-11(17)13-10)7(14-15-9)6-4-2-1-3-5-6/h3-7H,2,13H2,1H3,(H,14,15);1-5H,(H,14,15)(H2,12,13,16,17). The topological polar surface area (TPSA) is 175 Å². The van der Waals surface area contributed by atoms with Crippen molar-refractivity contribution in [1.82, 2.24) is 30.4 Å². The number of nitrogens with two attached hydrogens (primary N) is 1. The van der Waals surface area contributed by atoms with Gasteiger partial charge in [0.2, 0.25) is 0 Å². The van der Waals surface area contributed by atoms with Crippen LogP contribution in [0.25, 0.3) is 33.5 Å². The molecule has 0 radical (unpaired) electrons. The molecule has 0 bridgehead atoms. The van der Waals surface area contributed by atoms with E-state index < -0.39 is 17.2 Å². The number of benzene rings is 2. The molecular formula is C23H21N7O4. The molecule has 11 heteroatoms. The van der Waals surface area contributed by atoms with Gasteiger partial charge in [0.1, 0.15) is 22.4 Å². The van der Waals surface area contributed by atoms with Crippen LogP contribution in [0.15, 0.2) is 70.3 Å². The van der Waals surface area contributed by atoms with E-state index in [4.69, 9.17) is 10.5 Å². The summed E-state index contributed by atoms with van der Waals surface area (Å²) in [7, 11) is 0. The highest BCUT2D eigenvalue weighted by molar-refractivity contribution is 5.96. The minimum Gasteiger partial charge on any atom is -0.461 e. The van der Waals surface area contributed by atoms with Crippen LogP contribution in [-0.2, 0) is 4.74 Å². The van der Waals surface area contributed by atoms with Gasteiger partial charge >= 0.3 is 11.7 Å². The number of nitrogens with zero attached hydrogens (tertiary/aromatic N) is 2. The van der Waals surface area contributed by atoms with E-state index in [0.29, 0.717) is 29.2 Å². The lowest BCUT2D eigenvalue weighted by atomic mass is 10.1. The van der Waals surface area contributed by atoms with Gasteiger partial charge in [-0.25, -0.2) is 9.59 Å². The maximum absolute atomic E-state index is 11.5. The minimum atomic E-state index is -0.541. The van der Waals surface area contributed by atoms with Gasteiger partial charge in [-0.2, -0.15) is 10.2 Å². The summed E-state index contributed by atoms with van der Waals surface area (Å²) < 4.78 is 4.87. The Hall–Kier alpha value is -4.93. The fourth-order valence-electron chi connectivity index (χ4n) is 3.27. The van der Waals surface area contributed by atoms with Gasteiger partial charge in [0.25, 0.3) is 5.56 Å². The highest BCUT2D eigenvalue weighted by Gasteiger charge is 2.18. The predicted molar refractivity (Wildman–Crippen MR) is 127 cm³/mol. The number of rotatable bonds is 4. The minimum absolute atomic E-state index is 0.200. The van der Waals surface area contributed by atoms with Gasteiger partial charge in [0.05, 0.1) is 12.3 Å². The average molecular weight is 459 g/mol. The van der Waals surface area contributed by atoms with Crippen LogP contribution in [0.1, 0.15) is 17.4 Å². The van der Waals surface area contributed by atoms with Crippen molar-refractivity contribution in [3.8, 4) is 22.5 Å². The quantitative estimate of drug-likeness (QED) is 0.256. The van der Waals surface area contributed by atoms with Crippen molar-refractivity contribution in [3.05, 3.63) is 87.2 Å². The molecule has 0 amide bonds. The van der Waals surface area contributed by atoms with E-state index in [0.717, 1.165) is 11.1 Å². The van der Waals surface area contributed by atoms with E-state index in [1.165, 1.54) is 0 Å². The number of carbonyl (C=O) groups excluding carboxylic acids is 1. The van der Waals surface area contributed by atoms with Crippen LogP contribution in [0, 0.1) is 0 Å². The summed E-state index contributed by atoms with van der Waals surface area (Å²) in [5, 5.41) is 13.3. The van der Waals surface area contributed by atoms with Crippen LogP contribution in [0.4, 0.5) is 5.69 Å². The summed E-state index contributed by atoms with van der Waals surface area (Å²) in [6.45, 7) is 2.04. The lowest BCUT2D eigenvalue weighted by molar-refractivity contribution is 0.0520. The summed E-state index contributed by atoms with van der Waals surface area (Å²) >= 11 is 0. The molecular weight excluding hydrogens is 438 g/mol. The first-order chi connectivity index (χ1) is 16.5. The predicted octanol–water partition coefficient (Wildman–Crippen LogP) is 2.44. The van der Waals surface area contributed by atoms with E-state index in [9.17, 15) is 14.4 Å². The second-order valence-corrected chi connectivity index (χ2v) is 7.04. The molecule has 0 saturated heterocycles. The number of anilines is 1. The molecule has 6 N–H and O–H groups in total. The molecule has 0 saturated carbocycles. The normalized spacial score (nSPS) is 10.5. The smallest absolute Gasteiger partial charge is 0.358 e. The van der Waals surface area contributed by atoms with Gasteiger partial charge < -0.3 is 15.5 Å². The van der Waals surface area contributed by atoms with Crippen LogP contribution >= 0.6 is 0 Å². The Morgan fingerprint density at radius 1 is 0.853 bits per heavy atom. The van der Waals surface area contributed by atoms with Crippen LogP contribution in [0.5, 0.6) is 0 Å². The molecule has 0 aliphatic heterocycles. The molecule has 3 heterocycles. The second-order valence-electron chi connectivity index (χ2n) is 7.04. The van der Waals surface area contributed by atoms with Crippen molar-refractivity contribution in [2.24, 2.45) is 0 Å². The van der Waals surface area contributed by atoms with Crippen molar-refractivity contribution < 1.29 is 9.53 Å². The monoisotopic (exact) mass is 459 g/mol. The number of H-pyrrole nitrogens is 4. The summed E-state index contributed by atoms with van der Waals surface area (Å²) in [5.41, 5.74) is 8.87. The average Bonchev–Trinajstić information content (AvgIpc) is 3.45. The molecule has 0 unspecified atom stereocenters. The van der Waals surface area contributed by atoms with Crippen molar-refractivity contribution in [3.63, 3.8) is 0 Å². The third kappa shape index (κ3) is 4.48. The number of aromatic nitrogens is 6. The van der Waals surface area contributed by atoms with Crippen molar-refractivity contribution in [2.75, 3.05) is 12.3 Å². The number of esters is 1. The van der Waals surface area contributed by atoms with E-state index >= 15 is 0 Å². The van der Waals surface area contributed by atoms with Crippen LogP contribution in [0.3, 0.4) is 0 Å². The number of ether oxygens (including phenoxy) is 1. The number of hydrogen-bond donors (Lipinski definition) is 5. The Labute approximate surface area is 192 Å². The summed E-state index contributed by atoms with van der Waals surface area (Å²) in [6, 6.07) is 18.7. The van der Waals surface area contributed by atoms with E-state index in [1.807, 2.05) is 60.7 Å². The SMILES string of the molecule is CCOC(=O)c1[nH]nc(-c2ccccc2)c1N.O=c1[nH]c(=O)c2[nH]nc(-c3ccccc3)c2[nH]1. The van der Waals surface area contributed by atoms with E-state index in [1.54, 1.807) is 6.92 Å². The number of carbonyl (C=O) groups is 1. The molecule has 3 aromatic heterocycles. The van der Waals surface area contributed by atoms with Gasteiger partial charge in [-0.05, 0) is 6.92 Å². The molecule has 0 fully saturated rings. The Bertz CT molecular complexity index is 1530. The molecule has 2 aromatic carbocycles. The Kier molecular flexibility index (Phi) is 6.35. The van der Waals surface area contributed by atoms with Crippen molar-refractivity contribution in [1.29, 1.82) is 0 Å². The lowest BCUT2D eigenvalue weighted by Crippen LogP contribution is -2.21. The first-order valence-corrected chi connectivity index (χ1v) is 10.3. The van der Waals surface area contributed by atoms with Crippen LogP contribution in [-0.4, -0.2) is 42.9 Å². The molecule has 11 nitrogen and oxygen atoms in total. The third-order valence-electron chi connectivity index (χ3n) is 4.84. The lowest BCUT2D eigenvalue weighted by Gasteiger charge is -2.00. The van der Waals surface area contributed by atoms with Crippen molar-refractivity contribution in [2.45, 2.75) is 6.92 Å². The molecule has 0 atom stereocenters. The zero-order valence-corrected chi connectivity index (χ0v) is 18.1. The fourth-order valence-corrected chi connectivity index (χ4v) is 3.27.